The Hall–Kier alpha value is -1.69. The molecular formula is C11H15N5O. The van der Waals surface area contributed by atoms with Crippen molar-refractivity contribution in [1.82, 2.24) is 25.2 Å². The number of hydrogen-bond acceptors (Lipinski definition) is 5. The van der Waals surface area contributed by atoms with Gasteiger partial charge in [0.25, 0.3) is 0 Å². The van der Waals surface area contributed by atoms with Crippen molar-refractivity contribution in [2.45, 2.75) is 25.3 Å². The SMILES string of the molecule is Cn1ccc(-c2noc(CC3CCCN3)n2)n1. The van der Waals surface area contributed by atoms with Crippen molar-refractivity contribution in [3.8, 4) is 11.5 Å². The molecule has 0 saturated carbocycles. The highest BCUT2D eigenvalue weighted by Crippen LogP contribution is 2.15. The molecule has 17 heavy (non-hydrogen) atoms. The van der Waals surface area contributed by atoms with Gasteiger partial charge in [-0.3, -0.25) is 4.68 Å². The Morgan fingerprint density at radius 3 is 3.24 bits per heavy atom. The van der Waals surface area contributed by atoms with E-state index in [9.17, 15) is 0 Å². The van der Waals surface area contributed by atoms with Gasteiger partial charge in [0.15, 0.2) is 0 Å². The molecule has 90 valence electrons. The van der Waals surface area contributed by atoms with Gasteiger partial charge >= 0.3 is 0 Å². The van der Waals surface area contributed by atoms with E-state index < -0.39 is 0 Å². The van der Waals surface area contributed by atoms with Crippen LogP contribution in [0.5, 0.6) is 0 Å². The third-order valence-electron chi connectivity index (χ3n) is 2.99. The Morgan fingerprint density at radius 2 is 2.53 bits per heavy atom. The van der Waals surface area contributed by atoms with Gasteiger partial charge in [0.2, 0.25) is 11.7 Å². The maximum absolute atomic E-state index is 5.24. The molecule has 3 rings (SSSR count). The van der Waals surface area contributed by atoms with Gasteiger partial charge in [0.05, 0.1) is 0 Å². The number of nitrogens with zero attached hydrogens (tertiary/aromatic N) is 4. The van der Waals surface area contributed by atoms with E-state index >= 15 is 0 Å². The lowest BCUT2D eigenvalue weighted by Gasteiger charge is -2.04. The second-order valence-corrected chi connectivity index (χ2v) is 4.38. The fourth-order valence-corrected chi connectivity index (χ4v) is 2.12. The Balaban J connectivity index is 1.73. The van der Waals surface area contributed by atoms with Gasteiger partial charge in [-0.05, 0) is 25.5 Å². The number of aryl methyl sites for hydroxylation is 1. The van der Waals surface area contributed by atoms with Crippen LogP contribution in [0.1, 0.15) is 18.7 Å². The van der Waals surface area contributed by atoms with Crippen molar-refractivity contribution in [3.05, 3.63) is 18.2 Å². The highest BCUT2D eigenvalue weighted by molar-refractivity contribution is 5.46. The molecule has 2 aromatic rings. The predicted molar refractivity (Wildman–Crippen MR) is 61.2 cm³/mol. The highest BCUT2D eigenvalue weighted by Gasteiger charge is 2.18. The maximum atomic E-state index is 5.24. The number of aromatic nitrogens is 4. The van der Waals surface area contributed by atoms with Crippen molar-refractivity contribution in [2.75, 3.05) is 6.54 Å². The summed E-state index contributed by atoms with van der Waals surface area (Å²) in [5.74, 6) is 1.25. The van der Waals surface area contributed by atoms with Crippen LogP contribution in [0.25, 0.3) is 11.5 Å². The van der Waals surface area contributed by atoms with E-state index in [1.807, 2.05) is 19.3 Å². The van der Waals surface area contributed by atoms with Gasteiger partial charge in [0, 0.05) is 25.7 Å². The summed E-state index contributed by atoms with van der Waals surface area (Å²) < 4.78 is 6.97. The first-order valence-electron chi connectivity index (χ1n) is 5.87. The second-order valence-electron chi connectivity index (χ2n) is 4.38. The minimum Gasteiger partial charge on any atom is -0.339 e. The molecule has 0 aliphatic carbocycles. The van der Waals surface area contributed by atoms with E-state index in [-0.39, 0.29) is 0 Å². The molecule has 0 radical (unpaired) electrons. The molecule has 1 saturated heterocycles. The van der Waals surface area contributed by atoms with Crippen molar-refractivity contribution in [2.24, 2.45) is 7.05 Å². The van der Waals surface area contributed by atoms with Crippen molar-refractivity contribution in [1.29, 1.82) is 0 Å². The molecule has 1 atom stereocenters. The Morgan fingerprint density at radius 1 is 1.59 bits per heavy atom. The van der Waals surface area contributed by atoms with Gasteiger partial charge < -0.3 is 9.84 Å². The van der Waals surface area contributed by atoms with Crippen molar-refractivity contribution < 1.29 is 4.52 Å². The molecule has 1 N–H and O–H groups in total. The molecule has 0 aromatic carbocycles. The molecule has 2 aromatic heterocycles. The van der Waals surface area contributed by atoms with Crippen LogP contribution in [-0.2, 0) is 13.5 Å². The molecule has 0 amide bonds. The molecule has 1 aliphatic heterocycles. The van der Waals surface area contributed by atoms with E-state index in [2.05, 4.69) is 20.6 Å². The van der Waals surface area contributed by atoms with Gasteiger partial charge in [-0.2, -0.15) is 10.1 Å². The lowest BCUT2D eigenvalue weighted by atomic mass is 10.1. The zero-order chi connectivity index (χ0) is 11.7. The smallest absolute Gasteiger partial charge is 0.228 e. The minimum atomic E-state index is 0.479. The number of hydrogen-bond donors (Lipinski definition) is 1. The summed E-state index contributed by atoms with van der Waals surface area (Å²) in [6.45, 7) is 1.09. The number of nitrogens with one attached hydrogen (secondary N) is 1. The summed E-state index contributed by atoms with van der Waals surface area (Å²) in [4.78, 5) is 4.36. The Labute approximate surface area is 99.0 Å². The largest absolute Gasteiger partial charge is 0.339 e. The lowest BCUT2D eigenvalue weighted by Crippen LogP contribution is -2.23. The molecule has 1 aliphatic rings. The summed E-state index contributed by atoms with van der Waals surface area (Å²) in [6.07, 6.45) is 5.08. The third kappa shape index (κ3) is 2.21. The van der Waals surface area contributed by atoms with Crippen LogP contribution in [0.15, 0.2) is 16.8 Å². The average molecular weight is 233 g/mol. The molecular weight excluding hydrogens is 218 g/mol. The van der Waals surface area contributed by atoms with E-state index in [0.717, 1.165) is 18.7 Å². The zero-order valence-corrected chi connectivity index (χ0v) is 9.76. The summed E-state index contributed by atoms with van der Waals surface area (Å²) in [6, 6.07) is 2.36. The van der Waals surface area contributed by atoms with Crippen molar-refractivity contribution in [3.63, 3.8) is 0 Å². The fraction of sp³-hybridized carbons (Fsp3) is 0.545. The first-order valence-corrected chi connectivity index (χ1v) is 5.87. The lowest BCUT2D eigenvalue weighted by molar-refractivity contribution is 0.364. The molecule has 0 spiro atoms. The first-order chi connectivity index (χ1) is 8.31. The number of rotatable bonds is 3. The second kappa shape index (κ2) is 4.29. The highest BCUT2D eigenvalue weighted by atomic mass is 16.5. The van der Waals surface area contributed by atoms with Crippen LogP contribution in [0, 0.1) is 0 Å². The van der Waals surface area contributed by atoms with Crippen LogP contribution in [0.2, 0.25) is 0 Å². The standard InChI is InChI=1S/C11H15N5O/c1-16-6-4-9(14-16)11-13-10(17-15-11)7-8-3-2-5-12-8/h4,6,8,12H,2-3,5,7H2,1H3. The molecule has 6 nitrogen and oxygen atoms in total. The molecule has 1 unspecified atom stereocenters. The maximum Gasteiger partial charge on any atom is 0.228 e. The van der Waals surface area contributed by atoms with Crippen LogP contribution < -0.4 is 5.32 Å². The fourth-order valence-electron chi connectivity index (χ4n) is 2.12. The normalized spacial score (nSPS) is 19.9. The first kappa shape index (κ1) is 10.5. The quantitative estimate of drug-likeness (QED) is 0.847. The van der Waals surface area contributed by atoms with Crippen LogP contribution in [0.3, 0.4) is 0 Å². The van der Waals surface area contributed by atoms with Crippen molar-refractivity contribution >= 4 is 0 Å². The van der Waals surface area contributed by atoms with Gasteiger partial charge in [-0.15, -0.1) is 0 Å². The molecule has 1 fully saturated rings. The van der Waals surface area contributed by atoms with Crippen LogP contribution in [0.4, 0.5) is 0 Å². The molecule has 0 bridgehead atoms. The van der Waals surface area contributed by atoms with Crippen LogP contribution in [-0.4, -0.2) is 32.5 Å². The van der Waals surface area contributed by atoms with Gasteiger partial charge in [-0.1, -0.05) is 5.16 Å². The summed E-state index contributed by atoms with van der Waals surface area (Å²) in [7, 11) is 1.87. The summed E-state index contributed by atoms with van der Waals surface area (Å²) in [5.41, 5.74) is 0.752. The minimum absolute atomic E-state index is 0.479. The molecule has 6 heteroatoms. The van der Waals surface area contributed by atoms with E-state index in [1.165, 1.54) is 12.8 Å². The van der Waals surface area contributed by atoms with E-state index in [4.69, 9.17) is 4.52 Å². The van der Waals surface area contributed by atoms with E-state index in [1.54, 1.807) is 4.68 Å². The van der Waals surface area contributed by atoms with E-state index in [0.29, 0.717) is 17.8 Å². The zero-order valence-electron chi connectivity index (χ0n) is 9.76. The molecule has 3 heterocycles. The van der Waals surface area contributed by atoms with Crippen LogP contribution >= 0.6 is 0 Å². The summed E-state index contributed by atoms with van der Waals surface area (Å²) in [5, 5.41) is 11.6. The predicted octanol–water partition coefficient (Wildman–Crippen LogP) is 0.765. The monoisotopic (exact) mass is 233 g/mol. The Bertz CT molecular complexity index is 497. The Kier molecular flexibility index (Phi) is 2.64. The topological polar surface area (TPSA) is 68.8 Å². The summed E-state index contributed by atoms with van der Waals surface area (Å²) >= 11 is 0. The van der Waals surface area contributed by atoms with Gasteiger partial charge in [-0.25, -0.2) is 0 Å². The average Bonchev–Trinajstić information content (AvgIpc) is 2.99. The van der Waals surface area contributed by atoms with Gasteiger partial charge in [0.1, 0.15) is 5.69 Å². The third-order valence-corrected chi connectivity index (χ3v) is 2.99.